The summed E-state index contributed by atoms with van der Waals surface area (Å²) in [5, 5.41) is 0. The quantitative estimate of drug-likeness (QED) is 0.0261. The van der Waals surface area contributed by atoms with Gasteiger partial charge in [0.25, 0.3) is 0 Å². The summed E-state index contributed by atoms with van der Waals surface area (Å²) < 4.78 is 16.9. The van der Waals surface area contributed by atoms with Crippen molar-refractivity contribution in [3.8, 4) is 0 Å². The van der Waals surface area contributed by atoms with Crippen LogP contribution in [-0.4, -0.2) is 37.2 Å². The Morgan fingerprint density at radius 3 is 0.714 bits per heavy atom. The highest BCUT2D eigenvalue weighted by atomic mass is 16.6. The van der Waals surface area contributed by atoms with E-state index < -0.39 is 6.10 Å². The number of esters is 3. The van der Waals surface area contributed by atoms with Crippen molar-refractivity contribution in [2.45, 2.75) is 399 Å². The third-order valence-electron chi connectivity index (χ3n) is 16.0. The van der Waals surface area contributed by atoms with Crippen molar-refractivity contribution >= 4 is 17.9 Å². The molecule has 1 atom stereocenters. The van der Waals surface area contributed by atoms with Gasteiger partial charge in [0.1, 0.15) is 13.2 Å². The Hall–Kier alpha value is -2.11. The molecular formula is C71H134O6. The summed E-state index contributed by atoms with van der Waals surface area (Å²) in [6.45, 7) is 6.68. The zero-order valence-electron chi connectivity index (χ0n) is 52.3. The largest absolute Gasteiger partial charge is 0.462 e. The van der Waals surface area contributed by atoms with Gasteiger partial charge in [0.05, 0.1) is 0 Å². The predicted octanol–water partition coefficient (Wildman–Crippen LogP) is 23.8. The number of allylic oxidation sites excluding steroid dienone is 4. The SMILES string of the molecule is CCCCCCC/C=C\C/C=C\CCCCCCCCCCCCCCCCCCCCCCCCCC(=O)OCC(COC(=O)CCCCCCCCCCCCC)OC(=O)CCCCCCCCCCCCCCC. The number of carbonyl (C=O) groups is 3. The van der Waals surface area contributed by atoms with E-state index in [-0.39, 0.29) is 31.1 Å². The number of carbonyl (C=O) groups excluding carboxylic acids is 3. The standard InChI is InChI=1S/C71H134O6/c1-4-7-10-13-16-19-22-24-25-26-27-28-29-30-31-32-33-34-35-36-37-38-39-40-41-42-43-44-45-47-49-52-55-58-61-64-70(73)76-67-68(66-75-69(72)63-60-57-54-51-48-21-18-15-12-9-6-3)77-71(74)65-62-59-56-53-50-46-23-20-17-14-11-8-5-2/h22,24,26-27,68H,4-21,23,25,28-67H2,1-3H3/b24-22-,27-26-. The molecule has 0 spiro atoms. The number of rotatable bonds is 65. The summed E-state index contributed by atoms with van der Waals surface area (Å²) in [6.07, 6.45) is 80.9. The van der Waals surface area contributed by atoms with Crippen LogP contribution in [0.5, 0.6) is 0 Å². The molecule has 0 rings (SSSR count). The van der Waals surface area contributed by atoms with E-state index in [1.165, 1.54) is 289 Å². The molecule has 6 heteroatoms. The van der Waals surface area contributed by atoms with Gasteiger partial charge in [0, 0.05) is 19.3 Å². The molecule has 0 radical (unpaired) electrons. The van der Waals surface area contributed by atoms with Crippen LogP contribution in [0, 0.1) is 0 Å². The summed E-state index contributed by atoms with van der Waals surface area (Å²) in [4.78, 5) is 38.2. The molecular weight excluding hydrogens is 949 g/mol. The van der Waals surface area contributed by atoms with E-state index in [0.717, 1.165) is 64.2 Å². The van der Waals surface area contributed by atoms with Crippen LogP contribution in [0.3, 0.4) is 0 Å². The van der Waals surface area contributed by atoms with E-state index in [0.29, 0.717) is 19.3 Å². The number of hydrogen-bond acceptors (Lipinski definition) is 6. The molecule has 0 aromatic carbocycles. The highest BCUT2D eigenvalue weighted by Gasteiger charge is 2.19. The minimum Gasteiger partial charge on any atom is -0.462 e. The minimum atomic E-state index is -0.763. The predicted molar refractivity (Wildman–Crippen MR) is 335 cm³/mol. The first-order valence-corrected chi connectivity index (χ1v) is 34.8. The van der Waals surface area contributed by atoms with Crippen LogP contribution in [0.25, 0.3) is 0 Å². The number of ether oxygens (including phenoxy) is 3. The third-order valence-corrected chi connectivity index (χ3v) is 16.0. The van der Waals surface area contributed by atoms with Gasteiger partial charge in [-0.1, -0.05) is 347 Å². The van der Waals surface area contributed by atoms with Crippen molar-refractivity contribution in [3.05, 3.63) is 24.3 Å². The van der Waals surface area contributed by atoms with Crippen LogP contribution in [0.4, 0.5) is 0 Å². The minimum absolute atomic E-state index is 0.0630. The van der Waals surface area contributed by atoms with Crippen molar-refractivity contribution in [1.82, 2.24) is 0 Å². The van der Waals surface area contributed by atoms with Gasteiger partial charge in [-0.2, -0.15) is 0 Å². The first kappa shape index (κ1) is 74.9. The zero-order valence-corrected chi connectivity index (χ0v) is 52.3. The normalized spacial score (nSPS) is 12.1. The molecule has 0 aromatic rings. The Bertz CT molecular complexity index is 1240. The van der Waals surface area contributed by atoms with Gasteiger partial charge in [-0.25, -0.2) is 0 Å². The number of hydrogen-bond donors (Lipinski definition) is 0. The van der Waals surface area contributed by atoms with Crippen molar-refractivity contribution in [2.24, 2.45) is 0 Å². The molecule has 0 saturated heterocycles. The molecule has 0 heterocycles. The molecule has 0 aliphatic carbocycles. The van der Waals surface area contributed by atoms with Gasteiger partial charge in [-0.15, -0.1) is 0 Å². The fraction of sp³-hybridized carbons (Fsp3) is 0.901. The first-order chi connectivity index (χ1) is 38.0. The van der Waals surface area contributed by atoms with Crippen LogP contribution in [0.15, 0.2) is 24.3 Å². The van der Waals surface area contributed by atoms with E-state index in [1.54, 1.807) is 0 Å². The molecule has 0 fully saturated rings. The average Bonchev–Trinajstić information content (AvgIpc) is 3.43. The molecule has 1 unspecified atom stereocenters. The maximum absolute atomic E-state index is 12.9. The van der Waals surface area contributed by atoms with E-state index in [1.807, 2.05) is 0 Å². The van der Waals surface area contributed by atoms with Crippen LogP contribution in [-0.2, 0) is 28.6 Å². The smallest absolute Gasteiger partial charge is 0.306 e. The molecule has 77 heavy (non-hydrogen) atoms. The Morgan fingerprint density at radius 2 is 0.468 bits per heavy atom. The molecule has 0 aliphatic rings. The lowest BCUT2D eigenvalue weighted by molar-refractivity contribution is -0.167. The molecule has 0 N–H and O–H groups in total. The second-order valence-electron chi connectivity index (χ2n) is 23.8. The van der Waals surface area contributed by atoms with Crippen molar-refractivity contribution < 1.29 is 28.6 Å². The first-order valence-electron chi connectivity index (χ1n) is 34.8. The highest BCUT2D eigenvalue weighted by Crippen LogP contribution is 2.19. The molecule has 0 aromatic heterocycles. The second kappa shape index (κ2) is 66.4. The summed E-state index contributed by atoms with van der Waals surface area (Å²) in [5.74, 6) is -0.835. The van der Waals surface area contributed by atoms with Gasteiger partial charge < -0.3 is 14.2 Å². The molecule has 0 amide bonds. The maximum atomic E-state index is 12.9. The molecule has 0 saturated carbocycles. The lowest BCUT2D eigenvalue weighted by Gasteiger charge is -2.18. The Kier molecular flexibility index (Phi) is 64.6. The van der Waals surface area contributed by atoms with Gasteiger partial charge in [0.15, 0.2) is 6.10 Å². The van der Waals surface area contributed by atoms with Crippen LogP contribution in [0.1, 0.15) is 393 Å². The fourth-order valence-corrected chi connectivity index (χ4v) is 10.7. The van der Waals surface area contributed by atoms with Crippen molar-refractivity contribution in [3.63, 3.8) is 0 Å². The monoisotopic (exact) mass is 1080 g/mol. The summed E-state index contributed by atoms with van der Waals surface area (Å²) in [6, 6.07) is 0. The molecule has 0 bridgehead atoms. The summed E-state index contributed by atoms with van der Waals surface area (Å²) >= 11 is 0. The Labute approximate surface area is 481 Å². The van der Waals surface area contributed by atoms with E-state index in [2.05, 4.69) is 45.1 Å². The topological polar surface area (TPSA) is 78.9 Å². The van der Waals surface area contributed by atoms with Gasteiger partial charge in [-0.3, -0.25) is 14.4 Å². The lowest BCUT2D eigenvalue weighted by Crippen LogP contribution is -2.30. The van der Waals surface area contributed by atoms with Crippen LogP contribution >= 0.6 is 0 Å². The number of unbranched alkanes of at least 4 members (excludes halogenated alkanes) is 50. The van der Waals surface area contributed by atoms with Crippen LogP contribution < -0.4 is 0 Å². The Balaban J connectivity index is 3.97. The molecule has 6 nitrogen and oxygen atoms in total. The van der Waals surface area contributed by atoms with E-state index in [4.69, 9.17) is 14.2 Å². The summed E-state index contributed by atoms with van der Waals surface area (Å²) in [5.41, 5.74) is 0. The van der Waals surface area contributed by atoms with Gasteiger partial charge >= 0.3 is 17.9 Å². The second-order valence-corrected chi connectivity index (χ2v) is 23.8. The van der Waals surface area contributed by atoms with Gasteiger partial charge in [0.2, 0.25) is 0 Å². The van der Waals surface area contributed by atoms with E-state index in [9.17, 15) is 14.4 Å². The highest BCUT2D eigenvalue weighted by molar-refractivity contribution is 5.71. The van der Waals surface area contributed by atoms with Gasteiger partial charge in [-0.05, 0) is 51.4 Å². The fourth-order valence-electron chi connectivity index (χ4n) is 10.7. The lowest BCUT2D eigenvalue weighted by atomic mass is 10.0. The average molecular weight is 1080 g/mol. The third kappa shape index (κ3) is 64.6. The van der Waals surface area contributed by atoms with Crippen LogP contribution in [0.2, 0.25) is 0 Å². The van der Waals surface area contributed by atoms with E-state index >= 15 is 0 Å². The zero-order chi connectivity index (χ0) is 55.7. The van der Waals surface area contributed by atoms with Crippen molar-refractivity contribution in [1.29, 1.82) is 0 Å². The Morgan fingerprint density at radius 1 is 0.260 bits per heavy atom. The maximum Gasteiger partial charge on any atom is 0.306 e. The van der Waals surface area contributed by atoms with Crippen molar-refractivity contribution in [2.75, 3.05) is 13.2 Å². The summed E-state index contributed by atoms with van der Waals surface area (Å²) in [7, 11) is 0. The molecule has 454 valence electrons. The molecule has 0 aliphatic heterocycles.